The smallest absolute Gasteiger partial charge is 0.326 e. The van der Waals surface area contributed by atoms with Crippen molar-refractivity contribution in [1.29, 1.82) is 0 Å². The summed E-state index contributed by atoms with van der Waals surface area (Å²) >= 11 is 0. The van der Waals surface area contributed by atoms with Crippen LogP contribution in [-0.4, -0.2) is 36.2 Å². The second-order valence-electron chi connectivity index (χ2n) is 6.05. The summed E-state index contributed by atoms with van der Waals surface area (Å²) in [6.45, 7) is 4.00. The van der Waals surface area contributed by atoms with Gasteiger partial charge in [0, 0.05) is 24.8 Å². The zero-order valence-electron chi connectivity index (χ0n) is 13.8. The number of benzene rings is 1. The minimum Gasteiger partial charge on any atom is -0.480 e. The Hall–Kier alpha value is -2.28. The molecule has 1 aromatic carbocycles. The van der Waals surface area contributed by atoms with E-state index in [2.05, 4.69) is 11.9 Å². The molecule has 1 saturated heterocycles. The van der Waals surface area contributed by atoms with Gasteiger partial charge in [0.05, 0.1) is 5.41 Å². The standard InChI is InChI=1S/C18H21F2NO4/c1-2-3-4-15(16(22)23)21-17(24)18(7-9-25-10-8-18)13-6-5-12(19)11-14(13)20/h2,5-6,11,15H,1,3-4,7-10H2,(H,21,24)(H,22,23). The number of carboxylic acid groups (broad SMARTS) is 1. The molecular weight excluding hydrogens is 332 g/mol. The van der Waals surface area contributed by atoms with Crippen molar-refractivity contribution in [1.82, 2.24) is 5.32 Å². The molecule has 1 unspecified atom stereocenters. The number of carboxylic acids is 1. The molecule has 0 aliphatic carbocycles. The summed E-state index contributed by atoms with van der Waals surface area (Å²) in [6.07, 6.45) is 2.54. The van der Waals surface area contributed by atoms with Gasteiger partial charge in [-0.3, -0.25) is 4.79 Å². The SMILES string of the molecule is C=CCCC(NC(=O)C1(c2ccc(F)cc2F)CCOCC1)C(=O)O. The largest absolute Gasteiger partial charge is 0.480 e. The van der Waals surface area contributed by atoms with Crippen LogP contribution in [-0.2, 0) is 19.7 Å². The van der Waals surface area contributed by atoms with Crippen molar-refractivity contribution in [3.05, 3.63) is 48.1 Å². The Balaban J connectivity index is 2.34. The van der Waals surface area contributed by atoms with E-state index in [0.717, 1.165) is 12.1 Å². The highest BCUT2D eigenvalue weighted by atomic mass is 19.1. The van der Waals surface area contributed by atoms with Crippen LogP contribution in [0.2, 0.25) is 0 Å². The van der Waals surface area contributed by atoms with E-state index in [4.69, 9.17) is 4.74 Å². The lowest BCUT2D eigenvalue weighted by molar-refractivity contribution is -0.143. The van der Waals surface area contributed by atoms with Gasteiger partial charge in [-0.05, 0) is 31.7 Å². The van der Waals surface area contributed by atoms with Crippen LogP contribution >= 0.6 is 0 Å². The molecule has 2 rings (SSSR count). The van der Waals surface area contributed by atoms with Crippen molar-refractivity contribution in [3.8, 4) is 0 Å². The lowest BCUT2D eigenvalue weighted by atomic mass is 9.73. The summed E-state index contributed by atoms with van der Waals surface area (Å²) in [5, 5.41) is 11.8. The molecule has 0 saturated carbocycles. The van der Waals surface area contributed by atoms with E-state index in [9.17, 15) is 23.5 Å². The minimum absolute atomic E-state index is 0.0579. The Morgan fingerprint density at radius 1 is 1.36 bits per heavy atom. The highest BCUT2D eigenvalue weighted by Crippen LogP contribution is 2.37. The predicted molar refractivity (Wildman–Crippen MR) is 87.1 cm³/mol. The average molecular weight is 353 g/mol. The van der Waals surface area contributed by atoms with Crippen LogP contribution in [0.25, 0.3) is 0 Å². The second kappa shape index (κ2) is 8.20. The summed E-state index contributed by atoms with van der Waals surface area (Å²) in [5.41, 5.74) is -1.22. The fourth-order valence-electron chi connectivity index (χ4n) is 3.05. The van der Waals surface area contributed by atoms with Crippen molar-refractivity contribution in [2.75, 3.05) is 13.2 Å². The first kappa shape index (κ1) is 19.1. The van der Waals surface area contributed by atoms with Crippen LogP contribution in [0, 0.1) is 11.6 Å². The number of hydrogen-bond acceptors (Lipinski definition) is 3. The molecule has 0 bridgehead atoms. The van der Waals surface area contributed by atoms with Gasteiger partial charge in [-0.25, -0.2) is 13.6 Å². The molecule has 0 spiro atoms. The normalized spacial score (nSPS) is 17.5. The summed E-state index contributed by atoms with van der Waals surface area (Å²) in [4.78, 5) is 24.3. The molecule has 2 N–H and O–H groups in total. The Labute approximate surface area is 144 Å². The van der Waals surface area contributed by atoms with Crippen LogP contribution in [0.1, 0.15) is 31.2 Å². The minimum atomic E-state index is -1.28. The first-order valence-electron chi connectivity index (χ1n) is 8.08. The van der Waals surface area contributed by atoms with Crippen molar-refractivity contribution < 1.29 is 28.2 Å². The molecule has 7 heteroatoms. The molecule has 25 heavy (non-hydrogen) atoms. The van der Waals surface area contributed by atoms with E-state index in [1.165, 1.54) is 6.07 Å². The third kappa shape index (κ3) is 4.22. The van der Waals surface area contributed by atoms with Gasteiger partial charge in [-0.15, -0.1) is 6.58 Å². The topological polar surface area (TPSA) is 75.6 Å². The molecule has 1 atom stereocenters. The monoisotopic (exact) mass is 353 g/mol. The van der Waals surface area contributed by atoms with Gasteiger partial charge in [0.15, 0.2) is 0 Å². The Morgan fingerprint density at radius 2 is 2.04 bits per heavy atom. The molecule has 136 valence electrons. The van der Waals surface area contributed by atoms with Crippen molar-refractivity contribution in [2.45, 2.75) is 37.1 Å². The number of carbonyl (C=O) groups is 2. The number of ether oxygens (including phenoxy) is 1. The zero-order chi connectivity index (χ0) is 18.4. The number of amides is 1. The van der Waals surface area contributed by atoms with E-state index < -0.39 is 35.0 Å². The van der Waals surface area contributed by atoms with E-state index in [1.54, 1.807) is 6.08 Å². The van der Waals surface area contributed by atoms with Crippen LogP contribution < -0.4 is 5.32 Å². The molecule has 1 aliphatic heterocycles. The number of carbonyl (C=O) groups excluding carboxylic acids is 1. The van der Waals surface area contributed by atoms with Crippen molar-refractivity contribution >= 4 is 11.9 Å². The second-order valence-corrected chi connectivity index (χ2v) is 6.05. The quantitative estimate of drug-likeness (QED) is 0.739. The Morgan fingerprint density at radius 3 is 2.60 bits per heavy atom. The maximum atomic E-state index is 14.3. The molecule has 5 nitrogen and oxygen atoms in total. The van der Waals surface area contributed by atoms with E-state index >= 15 is 0 Å². The maximum absolute atomic E-state index is 14.3. The average Bonchev–Trinajstić information content (AvgIpc) is 2.58. The number of allylic oxidation sites excluding steroid dienone is 1. The molecule has 1 aliphatic rings. The van der Waals surface area contributed by atoms with Crippen LogP contribution in [0.5, 0.6) is 0 Å². The van der Waals surface area contributed by atoms with Gasteiger partial charge in [0.1, 0.15) is 17.7 Å². The van der Waals surface area contributed by atoms with Crippen LogP contribution in [0.3, 0.4) is 0 Å². The third-order valence-electron chi connectivity index (χ3n) is 4.49. The molecule has 0 radical (unpaired) electrons. The van der Waals surface area contributed by atoms with Gasteiger partial charge in [0.25, 0.3) is 0 Å². The predicted octanol–water partition coefficient (Wildman–Crippen LogP) is 2.55. The maximum Gasteiger partial charge on any atom is 0.326 e. The lowest BCUT2D eigenvalue weighted by Gasteiger charge is -2.37. The van der Waals surface area contributed by atoms with Gasteiger partial charge < -0.3 is 15.2 Å². The first-order valence-corrected chi connectivity index (χ1v) is 8.08. The van der Waals surface area contributed by atoms with Crippen LogP contribution in [0.15, 0.2) is 30.9 Å². The van der Waals surface area contributed by atoms with Gasteiger partial charge in [-0.2, -0.15) is 0 Å². The fraction of sp³-hybridized carbons (Fsp3) is 0.444. The van der Waals surface area contributed by atoms with Crippen molar-refractivity contribution in [2.24, 2.45) is 0 Å². The number of halogens is 2. The molecule has 1 aromatic rings. The summed E-state index contributed by atoms with van der Waals surface area (Å²) in [6, 6.07) is 1.96. The zero-order valence-corrected chi connectivity index (χ0v) is 13.8. The van der Waals surface area contributed by atoms with Gasteiger partial charge in [0.2, 0.25) is 5.91 Å². The summed E-state index contributed by atoms with van der Waals surface area (Å²) in [5.74, 6) is -3.32. The molecule has 1 amide bonds. The van der Waals surface area contributed by atoms with Gasteiger partial charge in [-0.1, -0.05) is 12.1 Å². The van der Waals surface area contributed by atoms with Crippen LogP contribution in [0.4, 0.5) is 8.78 Å². The molecule has 1 fully saturated rings. The fourth-order valence-corrected chi connectivity index (χ4v) is 3.05. The Kier molecular flexibility index (Phi) is 6.25. The number of rotatable bonds is 7. The summed E-state index contributed by atoms with van der Waals surface area (Å²) < 4.78 is 32.9. The molecule has 1 heterocycles. The van der Waals surface area contributed by atoms with Gasteiger partial charge >= 0.3 is 5.97 Å². The molecular formula is C18H21F2NO4. The van der Waals surface area contributed by atoms with Crippen molar-refractivity contribution in [3.63, 3.8) is 0 Å². The third-order valence-corrected chi connectivity index (χ3v) is 4.49. The highest BCUT2D eigenvalue weighted by molar-refractivity contribution is 5.91. The van der Waals surface area contributed by atoms with E-state index in [0.29, 0.717) is 6.42 Å². The number of aliphatic carboxylic acids is 1. The molecule has 0 aromatic heterocycles. The van der Waals surface area contributed by atoms with E-state index in [1.807, 2.05) is 0 Å². The number of nitrogens with one attached hydrogen (secondary N) is 1. The highest BCUT2D eigenvalue weighted by Gasteiger charge is 2.44. The van der Waals surface area contributed by atoms with E-state index in [-0.39, 0.29) is 38.0 Å². The lowest BCUT2D eigenvalue weighted by Crippen LogP contribution is -2.53. The first-order chi connectivity index (χ1) is 11.9. The summed E-state index contributed by atoms with van der Waals surface area (Å²) in [7, 11) is 0. The Bertz CT molecular complexity index is 656. The number of hydrogen-bond donors (Lipinski definition) is 2.